The van der Waals surface area contributed by atoms with E-state index in [1.54, 1.807) is 22.7 Å². The van der Waals surface area contributed by atoms with E-state index in [1.165, 1.54) is 54.6 Å². The van der Waals surface area contributed by atoms with Gasteiger partial charge in [-0.3, -0.25) is 0 Å². The van der Waals surface area contributed by atoms with Crippen LogP contribution in [0.2, 0.25) is 0 Å². The molecule has 0 radical (unpaired) electrons. The maximum atomic E-state index is 4.44. The summed E-state index contributed by atoms with van der Waals surface area (Å²) in [5, 5.41) is 13.9. The summed E-state index contributed by atoms with van der Waals surface area (Å²) in [5.41, 5.74) is 7.24. The van der Waals surface area contributed by atoms with Crippen molar-refractivity contribution in [3.8, 4) is 43.4 Å². The first kappa shape index (κ1) is 21.7. The van der Waals surface area contributed by atoms with Crippen molar-refractivity contribution >= 4 is 55.0 Å². The van der Waals surface area contributed by atoms with E-state index < -0.39 is 0 Å². The fraction of sp³-hybridized carbons (Fsp3) is 0. The van der Waals surface area contributed by atoms with Crippen LogP contribution in [-0.4, -0.2) is 9.97 Å². The molecule has 0 N–H and O–H groups in total. The third-order valence-corrected chi connectivity index (χ3v) is 8.97. The summed E-state index contributed by atoms with van der Waals surface area (Å²) in [6, 6.07) is 35.9. The molecule has 8 rings (SSSR count). The zero-order chi connectivity index (χ0) is 25.1. The van der Waals surface area contributed by atoms with Crippen molar-refractivity contribution in [1.29, 1.82) is 0 Å². The van der Waals surface area contributed by atoms with Crippen LogP contribution in [0.5, 0.6) is 0 Å². The topological polar surface area (TPSA) is 25.8 Å². The van der Waals surface area contributed by atoms with Gasteiger partial charge in [0.25, 0.3) is 0 Å². The van der Waals surface area contributed by atoms with Gasteiger partial charge in [0.2, 0.25) is 0 Å². The average Bonchev–Trinajstić information content (AvgIpc) is 3.71. The van der Waals surface area contributed by atoms with E-state index in [0.717, 1.165) is 21.1 Å². The van der Waals surface area contributed by atoms with Gasteiger partial charge in [-0.1, -0.05) is 72.8 Å². The molecular weight excluding hydrogens is 501 g/mol. The Kier molecular flexibility index (Phi) is 4.90. The largest absolute Gasteiger partial charge is 0.245 e. The van der Waals surface area contributed by atoms with Crippen molar-refractivity contribution in [3.05, 3.63) is 120 Å². The van der Waals surface area contributed by atoms with Crippen LogP contribution in [0, 0.1) is 0 Å². The minimum atomic E-state index is 1.06. The third kappa shape index (κ3) is 3.53. The number of nitrogens with zero attached hydrogens (tertiary/aromatic N) is 2. The second-order valence-corrected chi connectivity index (χ2v) is 11.3. The zero-order valence-electron chi connectivity index (χ0n) is 20.3. The van der Waals surface area contributed by atoms with Crippen LogP contribution in [0.4, 0.5) is 0 Å². The first-order valence-electron chi connectivity index (χ1n) is 12.5. The Labute approximate surface area is 227 Å². The zero-order valence-corrected chi connectivity index (χ0v) is 21.9. The van der Waals surface area contributed by atoms with Crippen LogP contribution in [0.1, 0.15) is 0 Å². The summed E-state index contributed by atoms with van der Waals surface area (Å²) in [5.74, 6) is 0. The smallest absolute Gasteiger partial charge is 0.123 e. The van der Waals surface area contributed by atoms with Gasteiger partial charge in [-0.2, -0.15) is 0 Å². The Morgan fingerprint density at radius 3 is 1.03 bits per heavy atom. The van der Waals surface area contributed by atoms with Gasteiger partial charge < -0.3 is 0 Å². The van der Waals surface area contributed by atoms with E-state index >= 15 is 0 Å². The molecule has 0 aliphatic heterocycles. The summed E-state index contributed by atoms with van der Waals surface area (Å²) < 4.78 is 0. The Morgan fingerprint density at radius 1 is 0.368 bits per heavy atom. The third-order valence-electron chi connectivity index (χ3n) is 7.33. The maximum Gasteiger partial charge on any atom is 0.123 e. The van der Waals surface area contributed by atoms with Crippen molar-refractivity contribution in [2.75, 3.05) is 0 Å². The Bertz CT molecular complexity index is 1820. The standard InChI is InChI=1S/C34H20N2S2/c1-5-23(33-35-13-15-37-33)6-2-21(1)29-17-25-9-11-27-19-30(20-28-12-10-26(18-29)31(25)32(27)28)22-3-7-24(8-4-22)34-36-14-16-38-34/h1-20H. The molecule has 0 unspecified atom stereocenters. The van der Waals surface area contributed by atoms with Crippen LogP contribution in [0.3, 0.4) is 0 Å². The summed E-state index contributed by atoms with van der Waals surface area (Å²) in [6.45, 7) is 0. The van der Waals surface area contributed by atoms with Crippen LogP contribution < -0.4 is 0 Å². The highest BCUT2D eigenvalue weighted by Crippen LogP contribution is 2.40. The second kappa shape index (κ2) is 8.59. The van der Waals surface area contributed by atoms with Crippen LogP contribution >= 0.6 is 22.7 Å². The minimum absolute atomic E-state index is 1.06. The molecule has 0 bridgehead atoms. The van der Waals surface area contributed by atoms with E-state index in [1.807, 2.05) is 23.2 Å². The molecule has 6 aromatic carbocycles. The Hall–Kier alpha value is -4.38. The van der Waals surface area contributed by atoms with E-state index in [-0.39, 0.29) is 0 Å². The predicted molar refractivity (Wildman–Crippen MR) is 163 cm³/mol. The molecule has 2 nitrogen and oxygen atoms in total. The van der Waals surface area contributed by atoms with Gasteiger partial charge in [0, 0.05) is 34.3 Å². The maximum absolute atomic E-state index is 4.44. The van der Waals surface area contributed by atoms with Crippen molar-refractivity contribution < 1.29 is 0 Å². The van der Waals surface area contributed by atoms with Crippen LogP contribution in [0.15, 0.2) is 120 Å². The van der Waals surface area contributed by atoms with Crippen molar-refractivity contribution in [1.82, 2.24) is 9.97 Å². The number of benzene rings is 6. The van der Waals surface area contributed by atoms with E-state index in [0.29, 0.717) is 0 Å². The number of aromatic nitrogens is 2. The van der Waals surface area contributed by atoms with Gasteiger partial charge in [0.15, 0.2) is 0 Å². The molecule has 0 saturated carbocycles. The molecule has 0 saturated heterocycles. The highest BCUT2D eigenvalue weighted by atomic mass is 32.1. The molecule has 0 aliphatic rings. The molecule has 0 fully saturated rings. The first-order valence-corrected chi connectivity index (χ1v) is 14.3. The molecule has 0 amide bonds. The average molecular weight is 521 g/mol. The van der Waals surface area contributed by atoms with Gasteiger partial charge in [-0.25, -0.2) is 9.97 Å². The molecule has 178 valence electrons. The lowest BCUT2D eigenvalue weighted by molar-refractivity contribution is 1.41. The van der Waals surface area contributed by atoms with Crippen molar-refractivity contribution in [2.45, 2.75) is 0 Å². The number of thiazole rings is 2. The molecule has 0 spiro atoms. The molecular formula is C34H20N2S2. The van der Waals surface area contributed by atoms with Gasteiger partial charge in [0.1, 0.15) is 10.0 Å². The molecule has 0 aliphatic carbocycles. The van der Waals surface area contributed by atoms with Gasteiger partial charge in [-0.15, -0.1) is 22.7 Å². The van der Waals surface area contributed by atoms with Gasteiger partial charge in [-0.05, 0) is 78.8 Å². The monoisotopic (exact) mass is 520 g/mol. The number of hydrogen-bond acceptors (Lipinski definition) is 4. The SMILES string of the molecule is c1csc(-c2ccc(-c3cc4ccc5cc(-c6ccc(-c7nccs7)cc6)cc6ccc(c3)c4c56)cc2)n1. The fourth-order valence-corrected chi connectivity index (χ4v) is 6.80. The van der Waals surface area contributed by atoms with Crippen molar-refractivity contribution in [3.63, 3.8) is 0 Å². The molecule has 4 heteroatoms. The summed E-state index contributed by atoms with van der Waals surface area (Å²) in [6.07, 6.45) is 3.71. The molecule has 38 heavy (non-hydrogen) atoms. The van der Waals surface area contributed by atoms with E-state index in [9.17, 15) is 0 Å². The fourth-order valence-electron chi connectivity index (χ4n) is 5.51. The molecule has 8 aromatic rings. The Morgan fingerprint density at radius 2 is 0.711 bits per heavy atom. The molecule has 0 atom stereocenters. The van der Waals surface area contributed by atoms with Gasteiger partial charge in [0.05, 0.1) is 0 Å². The lowest BCUT2D eigenvalue weighted by Crippen LogP contribution is -1.88. The highest BCUT2D eigenvalue weighted by Gasteiger charge is 2.13. The lowest BCUT2D eigenvalue weighted by atomic mass is 9.89. The lowest BCUT2D eigenvalue weighted by Gasteiger charge is -2.15. The van der Waals surface area contributed by atoms with E-state index in [2.05, 4.69) is 107 Å². The van der Waals surface area contributed by atoms with Crippen molar-refractivity contribution in [2.24, 2.45) is 0 Å². The summed E-state index contributed by atoms with van der Waals surface area (Å²) in [4.78, 5) is 8.88. The summed E-state index contributed by atoms with van der Waals surface area (Å²) >= 11 is 3.34. The van der Waals surface area contributed by atoms with Crippen LogP contribution in [-0.2, 0) is 0 Å². The molecule has 2 heterocycles. The normalized spacial score (nSPS) is 11.7. The highest BCUT2D eigenvalue weighted by molar-refractivity contribution is 7.13. The number of hydrogen-bond donors (Lipinski definition) is 0. The Balaban J connectivity index is 1.21. The quantitative estimate of drug-likeness (QED) is 0.216. The first-order chi connectivity index (χ1) is 18.8. The van der Waals surface area contributed by atoms with Gasteiger partial charge >= 0.3 is 0 Å². The number of rotatable bonds is 4. The molecule has 2 aromatic heterocycles. The summed E-state index contributed by atoms with van der Waals surface area (Å²) in [7, 11) is 0. The predicted octanol–water partition coefficient (Wildman–Crippen LogP) is 10.2. The second-order valence-electron chi connectivity index (χ2n) is 9.56. The van der Waals surface area contributed by atoms with E-state index in [4.69, 9.17) is 0 Å². The minimum Gasteiger partial charge on any atom is -0.245 e. The van der Waals surface area contributed by atoms with Crippen LogP contribution in [0.25, 0.3) is 75.7 Å².